The van der Waals surface area contributed by atoms with E-state index in [1.807, 2.05) is 13.0 Å². The quantitative estimate of drug-likeness (QED) is 0.311. The van der Waals surface area contributed by atoms with E-state index >= 15 is 0 Å². The maximum Gasteiger partial charge on any atom is 0.328 e. The van der Waals surface area contributed by atoms with Gasteiger partial charge in [-0.3, -0.25) is 0 Å². The summed E-state index contributed by atoms with van der Waals surface area (Å²) in [5.74, 6) is -0.361. The number of hydrogen-bond acceptors (Lipinski definition) is 3. The van der Waals surface area contributed by atoms with E-state index < -0.39 is 5.97 Å². The lowest BCUT2D eigenvalue weighted by Gasteiger charge is -2.13. The molecule has 0 aromatic heterocycles. The van der Waals surface area contributed by atoms with Crippen LogP contribution >= 0.6 is 0 Å². The maximum atomic E-state index is 10.5. The first-order chi connectivity index (χ1) is 9.85. The van der Waals surface area contributed by atoms with Crippen molar-refractivity contribution in [3.05, 3.63) is 23.3 Å². The Labute approximate surface area is 128 Å². The molecule has 4 heteroatoms. The zero-order valence-corrected chi connectivity index (χ0v) is 13.5. The van der Waals surface area contributed by atoms with E-state index in [-0.39, 0.29) is 12.7 Å². The molecule has 21 heavy (non-hydrogen) atoms. The van der Waals surface area contributed by atoms with Crippen LogP contribution in [0.25, 0.3) is 0 Å². The molecule has 122 valence electrons. The summed E-state index contributed by atoms with van der Waals surface area (Å²) >= 11 is 0. The third kappa shape index (κ3) is 12.3. The number of carboxylic acid groups (broad SMARTS) is 1. The van der Waals surface area contributed by atoms with Crippen LogP contribution in [0.15, 0.2) is 23.3 Å². The van der Waals surface area contributed by atoms with Gasteiger partial charge in [0.15, 0.2) is 0 Å². The van der Waals surface area contributed by atoms with E-state index in [1.165, 1.54) is 11.6 Å². The lowest BCUT2D eigenvalue weighted by Crippen LogP contribution is -2.08. The minimum absolute atomic E-state index is 0.0464. The topological polar surface area (TPSA) is 77.8 Å². The molecule has 0 amide bonds. The van der Waals surface area contributed by atoms with Crippen molar-refractivity contribution in [2.24, 2.45) is 5.92 Å². The number of rotatable bonds is 11. The van der Waals surface area contributed by atoms with Gasteiger partial charge >= 0.3 is 5.97 Å². The molecular weight excluding hydrogens is 268 g/mol. The highest BCUT2D eigenvalue weighted by Gasteiger charge is 2.06. The summed E-state index contributed by atoms with van der Waals surface area (Å²) in [6, 6.07) is 0. The summed E-state index contributed by atoms with van der Waals surface area (Å²) in [5, 5.41) is 26.9. The third-order valence-electron chi connectivity index (χ3n) is 3.44. The van der Waals surface area contributed by atoms with Crippen LogP contribution in [-0.2, 0) is 4.79 Å². The Hall–Kier alpha value is -1.13. The molecule has 0 bridgehead atoms. The number of aliphatic hydroxyl groups is 2. The Morgan fingerprint density at radius 3 is 2.29 bits per heavy atom. The van der Waals surface area contributed by atoms with Gasteiger partial charge in [0.25, 0.3) is 0 Å². The van der Waals surface area contributed by atoms with Crippen molar-refractivity contribution in [1.82, 2.24) is 0 Å². The first kappa shape index (κ1) is 19.9. The third-order valence-corrected chi connectivity index (χ3v) is 3.44. The van der Waals surface area contributed by atoms with E-state index in [2.05, 4.69) is 6.92 Å². The summed E-state index contributed by atoms with van der Waals surface area (Å²) in [5.41, 5.74) is 1.96. The highest BCUT2D eigenvalue weighted by atomic mass is 16.4. The van der Waals surface area contributed by atoms with Crippen molar-refractivity contribution >= 4 is 5.97 Å². The van der Waals surface area contributed by atoms with Crippen molar-refractivity contribution in [3.63, 3.8) is 0 Å². The highest BCUT2D eigenvalue weighted by molar-refractivity contribution is 5.81. The Bertz CT molecular complexity index is 358. The second-order valence-corrected chi connectivity index (χ2v) is 5.98. The zero-order chi connectivity index (χ0) is 16.3. The predicted octanol–water partition coefficient (Wildman–Crippen LogP) is 3.29. The van der Waals surface area contributed by atoms with E-state index in [9.17, 15) is 9.90 Å². The number of unbranched alkanes of at least 4 members (excludes halogenated alkanes) is 1. The van der Waals surface area contributed by atoms with Crippen molar-refractivity contribution in [2.45, 2.75) is 65.4 Å². The number of carbonyl (C=O) groups is 1. The molecule has 3 N–H and O–H groups in total. The fourth-order valence-electron chi connectivity index (χ4n) is 2.50. The normalized spacial score (nSPS) is 15.9. The molecule has 0 aromatic rings. The van der Waals surface area contributed by atoms with Gasteiger partial charge in [0.2, 0.25) is 0 Å². The standard InChI is InChI=1S/C17H30O4/c1-13(6-4-5-7-16(19)8-9-18)10-14(2)11-15(3)12-17(20)21/h11-13,16,18-19H,4-10H2,1-3H3,(H,20,21)/b14-11+,15-12+/t13-,16+/m0/s1. The zero-order valence-electron chi connectivity index (χ0n) is 13.5. The average Bonchev–Trinajstić information content (AvgIpc) is 2.33. The van der Waals surface area contributed by atoms with Gasteiger partial charge in [-0.15, -0.1) is 0 Å². The lowest BCUT2D eigenvalue weighted by molar-refractivity contribution is -0.131. The van der Waals surface area contributed by atoms with Crippen LogP contribution in [0.2, 0.25) is 0 Å². The molecular formula is C17H30O4. The molecule has 0 saturated heterocycles. The molecule has 0 fully saturated rings. The SMILES string of the molecule is CC(=C\C(=O)O)/C=C(\C)C[C@@H](C)CCCC[C@@H](O)CCO. The second kappa shape index (κ2) is 11.5. The van der Waals surface area contributed by atoms with Gasteiger partial charge in [0.05, 0.1) is 6.10 Å². The Balaban J connectivity index is 3.95. The fraction of sp³-hybridized carbons (Fsp3) is 0.706. The van der Waals surface area contributed by atoms with Crippen LogP contribution in [0, 0.1) is 5.92 Å². The number of carboxylic acids is 1. The summed E-state index contributed by atoms with van der Waals surface area (Å²) < 4.78 is 0. The predicted molar refractivity (Wildman–Crippen MR) is 85.1 cm³/mol. The van der Waals surface area contributed by atoms with Gasteiger partial charge in [-0.2, -0.15) is 0 Å². The Morgan fingerprint density at radius 2 is 1.71 bits per heavy atom. The lowest BCUT2D eigenvalue weighted by atomic mass is 9.94. The number of hydrogen-bond donors (Lipinski definition) is 3. The van der Waals surface area contributed by atoms with E-state index in [0.717, 1.165) is 37.7 Å². The summed E-state index contributed by atoms with van der Waals surface area (Å²) in [6.45, 7) is 6.06. The van der Waals surface area contributed by atoms with Crippen molar-refractivity contribution in [3.8, 4) is 0 Å². The van der Waals surface area contributed by atoms with Crippen LogP contribution in [0.5, 0.6) is 0 Å². The number of aliphatic carboxylic acids is 1. The fourth-order valence-corrected chi connectivity index (χ4v) is 2.50. The minimum atomic E-state index is -0.911. The van der Waals surface area contributed by atoms with Crippen molar-refractivity contribution in [1.29, 1.82) is 0 Å². The molecule has 0 unspecified atom stereocenters. The molecule has 0 aromatic carbocycles. The molecule has 0 saturated carbocycles. The molecule has 0 rings (SSSR count). The molecule has 0 spiro atoms. The Kier molecular flexibility index (Phi) is 10.9. The Morgan fingerprint density at radius 1 is 1.10 bits per heavy atom. The molecule has 0 aliphatic heterocycles. The number of aliphatic hydroxyl groups excluding tert-OH is 2. The molecule has 0 radical (unpaired) electrons. The summed E-state index contributed by atoms with van der Waals surface area (Å²) in [7, 11) is 0. The average molecular weight is 298 g/mol. The molecule has 0 aliphatic carbocycles. The monoisotopic (exact) mass is 298 g/mol. The van der Waals surface area contributed by atoms with Gasteiger partial charge in [0.1, 0.15) is 0 Å². The van der Waals surface area contributed by atoms with E-state index in [1.54, 1.807) is 6.92 Å². The largest absolute Gasteiger partial charge is 0.478 e. The minimum Gasteiger partial charge on any atom is -0.478 e. The summed E-state index contributed by atoms with van der Waals surface area (Å²) in [4.78, 5) is 10.5. The van der Waals surface area contributed by atoms with Crippen molar-refractivity contribution < 1.29 is 20.1 Å². The van der Waals surface area contributed by atoms with E-state index in [4.69, 9.17) is 10.2 Å². The molecule has 4 nitrogen and oxygen atoms in total. The second-order valence-electron chi connectivity index (χ2n) is 5.98. The highest BCUT2D eigenvalue weighted by Crippen LogP contribution is 2.19. The number of allylic oxidation sites excluding steroid dienone is 3. The van der Waals surface area contributed by atoms with Gasteiger partial charge < -0.3 is 15.3 Å². The first-order valence-electron chi connectivity index (χ1n) is 7.72. The van der Waals surface area contributed by atoms with Gasteiger partial charge in [-0.1, -0.05) is 37.8 Å². The van der Waals surface area contributed by atoms with Gasteiger partial charge in [-0.25, -0.2) is 4.79 Å². The van der Waals surface area contributed by atoms with Crippen LogP contribution < -0.4 is 0 Å². The van der Waals surface area contributed by atoms with Crippen LogP contribution in [0.1, 0.15) is 59.3 Å². The van der Waals surface area contributed by atoms with Crippen LogP contribution in [0.3, 0.4) is 0 Å². The van der Waals surface area contributed by atoms with Gasteiger partial charge in [-0.05, 0) is 44.6 Å². The molecule has 0 aliphatic rings. The van der Waals surface area contributed by atoms with Crippen LogP contribution in [-0.4, -0.2) is 34.0 Å². The van der Waals surface area contributed by atoms with Crippen molar-refractivity contribution in [2.75, 3.05) is 6.61 Å². The smallest absolute Gasteiger partial charge is 0.328 e. The molecule has 0 heterocycles. The maximum absolute atomic E-state index is 10.5. The van der Waals surface area contributed by atoms with Crippen LogP contribution in [0.4, 0.5) is 0 Å². The van der Waals surface area contributed by atoms with E-state index in [0.29, 0.717) is 12.3 Å². The van der Waals surface area contributed by atoms with Gasteiger partial charge in [0, 0.05) is 12.7 Å². The first-order valence-corrected chi connectivity index (χ1v) is 7.72. The summed E-state index contributed by atoms with van der Waals surface area (Å²) in [6.07, 6.45) is 8.09. The molecule has 2 atom stereocenters.